The summed E-state index contributed by atoms with van der Waals surface area (Å²) < 4.78 is 13.0. The van der Waals surface area contributed by atoms with Crippen LogP contribution in [0.25, 0.3) is 0 Å². The van der Waals surface area contributed by atoms with Gasteiger partial charge < -0.3 is 5.11 Å². The van der Waals surface area contributed by atoms with Crippen LogP contribution in [0.15, 0.2) is 23.5 Å². The lowest BCUT2D eigenvalue weighted by atomic mass is 10.2. The molecule has 0 aliphatic heterocycles. The van der Waals surface area contributed by atoms with Crippen molar-refractivity contribution in [2.75, 3.05) is 0 Å². The van der Waals surface area contributed by atoms with E-state index in [1.807, 2.05) is 0 Å². The maximum Gasteiger partial charge on any atom is 0.340 e. The Kier molecular flexibility index (Phi) is 4.29. The molecule has 0 aromatic carbocycles. The number of aryl methyl sites for hydroxylation is 2. The van der Waals surface area contributed by atoms with Crippen molar-refractivity contribution < 1.29 is 14.3 Å². The summed E-state index contributed by atoms with van der Waals surface area (Å²) in [5.41, 5.74) is 1.18. The molecule has 2 aromatic heterocycles. The molecule has 0 saturated carbocycles. The highest BCUT2D eigenvalue weighted by Gasteiger charge is 2.17. The van der Waals surface area contributed by atoms with Gasteiger partial charge in [-0.05, 0) is 25.5 Å². The van der Waals surface area contributed by atoms with Gasteiger partial charge in [0.15, 0.2) is 0 Å². The summed E-state index contributed by atoms with van der Waals surface area (Å²) in [6, 6.07) is 1.36. The number of hydrogen-bond acceptors (Lipinski definition) is 5. The van der Waals surface area contributed by atoms with Crippen molar-refractivity contribution >= 4 is 17.7 Å². The first kappa shape index (κ1) is 14.4. The molecule has 0 radical (unpaired) electrons. The Hall–Kier alpha value is -2.02. The van der Waals surface area contributed by atoms with Crippen LogP contribution >= 0.6 is 11.8 Å². The molecule has 5 nitrogen and oxygen atoms in total. The standard InChI is InChI=1S/C13H12FN3O2S/c1-7-11(13(18)19)12(17-8(2)16-7)20-6-9-3-10(14)5-15-4-9/h3-5H,6H2,1-2H3,(H,18,19). The fourth-order valence-corrected chi connectivity index (χ4v) is 2.76. The maximum absolute atomic E-state index is 13.0. The molecule has 20 heavy (non-hydrogen) atoms. The number of aromatic nitrogens is 3. The fraction of sp³-hybridized carbons (Fsp3) is 0.231. The van der Waals surface area contributed by atoms with Gasteiger partial charge in [0.1, 0.15) is 22.2 Å². The average molecular weight is 293 g/mol. The fourth-order valence-electron chi connectivity index (χ4n) is 1.72. The van der Waals surface area contributed by atoms with E-state index in [0.717, 1.165) is 6.20 Å². The maximum atomic E-state index is 13.0. The summed E-state index contributed by atoms with van der Waals surface area (Å²) in [6.45, 7) is 3.33. The zero-order chi connectivity index (χ0) is 14.7. The van der Waals surface area contributed by atoms with Gasteiger partial charge in [0, 0.05) is 11.9 Å². The van der Waals surface area contributed by atoms with E-state index in [1.165, 1.54) is 24.0 Å². The minimum atomic E-state index is -1.07. The van der Waals surface area contributed by atoms with Crippen LogP contribution in [-0.4, -0.2) is 26.0 Å². The molecular weight excluding hydrogens is 281 g/mol. The molecule has 2 rings (SSSR count). The lowest BCUT2D eigenvalue weighted by Crippen LogP contribution is -2.08. The van der Waals surface area contributed by atoms with Crippen LogP contribution in [-0.2, 0) is 5.75 Å². The molecule has 0 amide bonds. The van der Waals surface area contributed by atoms with E-state index < -0.39 is 11.8 Å². The van der Waals surface area contributed by atoms with Gasteiger partial charge in [-0.2, -0.15) is 0 Å². The summed E-state index contributed by atoms with van der Waals surface area (Å²) >= 11 is 1.23. The molecule has 0 saturated heterocycles. The molecule has 0 spiro atoms. The third-order valence-electron chi connectivity index (χ3n) is 2.52. The normalized spacial score (nSPS) is 10.6. The second kappa shape index (κ2) is 5.96. The van der Waals surface area contributed by atoms with Gasteiger partial charge in [-0.15, -0.1) is 11.8 Å². The van der Waals surface area contributed by atoms with E-state index in [-0.39, 0.29) is 5.56 Å². The zero-order valence-corrected chi connectivity index (χ0v) is 11.7. The number of nitrogens with zero attached hydrogens (tertiary/aromatic N) is 3. The molecule has 0 aliphatic carbocycles. The molecule has 104 valence electrons. The molecule has 0 aliphatic rings. The predicted molar refractivity (Wildman–Crippen MR) is 72.2 cm³/mol. The van der Waals surface area contributed by atoms with E-state index in [4.69, 9.17) is 0 Å². The highest BCUT2D eigenvalue weighted by atomic mass is 32.2. The van der Waals surface area contributed by atoms with E-state index >= 15 is 0 Å². The summed E-state index contributed by atoms with van der Waals surface area (Å²) in [5, 5.41) is 9.59. The summed E-state index contributed by atoms with van der Waals surface area (Å²) in [5.74, 6) is -0.590. The minimum absolute atomic E-state index is 0.0879. The van der Waals surface area contributed by atoms with Crippen LogP contribution in [0.1, 0.15) is 27.4 Å². The molecule has 0 unspecified atom stereocenters. The number of halogens is 1. The minimum Gasteiger partial charge on any atom is -0.478 e. The topological polar surface area (TPSA) is 76.0 Å². The van der Waals surface area contributed by atoms with Gasteiger partial charge in [-0.1, -0.05) is 0 Å². The van der Waals surface area contributed by atoms with Crippen molar-refractivity contribution in [2.45, 2.75) is 24.6 Å². The number of carboxylic acid groups (broad SMARTS) is 1. The SMILES string of the molecule is Cc1nc(C)c(C(=O)O)c(SCc2cncc(F)c2)n1. The van der Waals surface area contributed by atoms with E-state index in [9.17, 15) is 14.3 Å². The van der Waals surface area contributed by atoms with Crippen LogP contribution in [0, 0.1) is 19.7 Å². The van der Waals surface area contributed by atoms with Crippen LogP contribution in [0.5, 0.6) is 0 Å². The molecule has 0 fully saturated rings. The smallest absolute Gasteiger partial charge is 0.340 e. The van der Waals surface area contributed by atoms with E-state index in [0.29, 0.717) is 27.9 Å². The summed E-state index contributed by atoms with van der Waals surface area (Å²) in [6.07, 6.45) is 2.66. The summed E-state index contributed by atoms with van der Waals surface area (Å²) in [4.78, 5) is 23.2. The third kappa shape index (κ3) is 3.30. The quantitative estimate of drug-likeness (QED) is 0.690. The number of carbonyl (C=O) groups is 1. The number of rotatable bonds is 4. The monoisotopic (exact) mass is 293 g/mol. The van der Waals surface area contributed by atoms with Crippen molar-refractivity contribution in [3.05, 3.63) is 46.9 Å². The Morgan fingerprint density at radius 1 is 1.35 bits per heavy atom. The number of hydrogen-bond donors (Lipinski definition) is 1. The third-order valence-corrected chi connectivity index (χ3v) is 3.57. The van der Waals surface area contributed by atoms with Crippen LogP contribution in [0.2, 0.25) is 0 Å². The Labute approximate surface area is 119 Å². The Bertz CT molecular complexity index is 664. The van der Waals surface area contributed by atoms with Crippen LogP contribution < -0.4 is 0 Å². The lowest BCUT2D eigenvalue weighted by molar-refractivity contribution is 0.0690. The second-order valence-electron chi connectivity index (χ2n) is 4.14. The van der Waals surface area contributed by atoms with Crippen molar-refractivity contribution in [3.8, 4) is 0 Å². The van der Waals surface area contributed by atoms with Gasteiger partial charge in [0.05, 0.1) is 11.9 Å². The number of aromatic carboxylic acids is 1. The molecule has 2 aromatic rings. The zero-order valence-electron chi connectivity index (χ0n) is 10.9. The first-order valence-electron chi connectivity index (χ1n) is 5.78. The predicted octanol–water partition coefficient (Wildman–Crippen LogP) is 2.62. The largest absolute Gasteiger partial charge is 0.478 e. The molecule has 7 heteroatoms. The summed E-state index contributed by atoms with van der Waals surface area (Å²) in [7, 11) is 0. The van der Waals surface area contributed by atoms with Crippen molar-refractivity contribution in [1.82, 2.24) is 15.0 Å². The molecule has 2 heterocycles. The number of thioether (sulfide) groups is 1. The first-order valence-corrected chi connectivity index (χ1v) is 6.76. The highest BCUT2D eigenvalue weighted by molar-refractivity contribution is 7.98. The molecule has 1 N–H and O–H groups in total. The molecule has 0 bridgehead atoms. The molecule has 0 atom stereocenters. The number of carboxylic acids is 1. The van der Waals surface area contributed by atoms with Crippen LogP contribution in [0.3, 0.4) is 0 Å². The van der Waals surface area contributed by atoms with E-state index in [1.54, 1.807) is 13.8 Å². The highest BCUT2D eigenvalue weighted by Crippen LogP contribution is 2.26. The van der Waals surface area contributed by atoms with Gasteiger partial charge in [0.25, 0.3) is 0 Å². The molecular formula is C13H12FN3O2S. The van der Waals surface area contributed by atoms with Crippen molar-refractivity contribution in [2.24, 2.45) is 0 Å². The first-order chi connectivity index (χ1) is 9.47. The lowest BCUT2D eigenvalue weighted by Gasteiger charge is -2.08. The van der Waals surface area contributed by atoms with Crippen molar-refractivity contribution in [1.29, 1.82) is 0 Å². The second-order valence-corrected chi connectivity index (χ2v) is 5.11. The van der Waals surface area contributed by atoms with Gasteiger partial charge in [-0.3, -0.25) is 4.98 Å². The Morgan fingerprint density at radius 3 is 2.75 bits per heavy atom. The average Bonchev–Trinajstić information content (AvgIpc) is 2.35. The van der Waals surface area contributed by atoms with Gasteiger partial charge in [-0.25, -0.2) is 19.2 Å². The Morgan fingerprint density at radius 2 is 2.10 bits per heavy atom. The van der Waals surface area contributed by atoms with Crippen LogP contribution in [0.4, 0.5) is 4.39 Å². The van der Waals surface area contributed by atoms with E-state index in [2.05, 4.69) is 15.0 Å². The van der Waals surface area contributed by atoms with Crippen molar-refractivity contribution in [3.63, 3.8) is 0 Å². The van der Waals surface area contributed by atoms with Gasteiger partial charge >= 0.3 is 5.97 Å². The van der Waals surface area contributed by atoms with Gasteiger partial charge in [0.2, 0.25) is 0 Å². The Balaban J connectivity index is 2.27. The number of pyridine rings is 1.